The predicted octanol–water partition coefficient (Wildman–Crippen LogP) is 2.19. The molecule has 1 aliphatic rings. The van der Waals surface area contributed by atoms with Crippen LogP contribution in [0.3, 0.4) is 0 Å². The van der Waals surface area contributed by atoms with Gasteiger partial charge in [0.1, 0.15) is 23.1 Å². The first-order valence-corrected chi connectivity index (χ1v) is 8.88. The molecule has 2 aromatic rings. The van der Waals surface area contributed by atoms with E-state index in [0.717, 1.165) is 37.7 Å². The molecule has 0 bridgehead atoms. The Bertz CT molecular complexity index is 755. The molecule has 1 N–H and O–H groups in total. The van der Waals surface area contributed by atoms with Crippen molar-refractivity contribution in [3.8, 4) is 5.75 Å². The van der Waals surface area contributed by atoms with Crippen LogP contribution in [-0.2, 0) is 0 Å². The minimum Gasteiger partial charge on any atom is -0.494 e. The molecule has 0 atom stereocenters. The molecular weight excluding hydrogens is 330 g/mol. The summed E-state index contributed by atoms with van der Waals surface area (Å²) in [5, 5.41) is 2.88. The molecule has 26 heavy (non-hydrogen) atoms. The summed E-state index contributed by atoms with van der Waals surface area (Å²) in [7, 11) is 2.11. The van der Waals surface area contributed by atoms with E-state index < -0.39 is 0 Å². The van der Waals surface area contributed by atoms with E-state index >= 15 is 0 Å². The van der Waals surface area contributed by atoms with Crippen molar-refractivity contribution in [2.75, 3.05) is 50.1 Å². The summed E-state index contributed by atoms with van der Waals surface area (Å²) in [5.41, 5.74) is 1.08. The van der Waals surface area contributed by atoms with Crippen molar-refractivity contribution in [1.29, 1.82) is 0 Å². The third-order valence-electron chi connectivity index (χ3n) is 4.31. The Kier molecular flexibility index (Phi) is 5.68. The molecular formula is C19H25N5O2. The van der Waals surface area contributed by atoms with Gasteiger partial charge in [0.15, 0.2) is 0 Å². The number of hydrogen-bond acceptors (Lipinski definition) is 6. The van der Waals surface area contributed by atoms with Crippen LogP contribution < -0.4 is 15.0 Å². The lowest BCUT2D eigenvalue weighted by Gasteiger charge is -2.33. The highest BCUT2D eigenvalue weighted by Crippen LogP contribution is 2.18. The Morgan fingerprint density at radius 1 is 1.15 bits per heavy atom. The Balaban J connectivity index is 1.72. The van der Waals surface area contributed by atoms with Gasteiger partial charge in [0.2, 0.25) is 0 Å². The Labute approximate surface area is 154 Å². The number of amides is 1. The Morgan fingerprint density at radius 3 is 2.50 bits per heavy atom. The molecule has 7 nitrogen and oxygen atoms in total. The normalized spacial score (nSPS) is 15.0. The smallest absolute Gasteiger partial charge is 0.274 e. The van der Waals surface area contributed by atoms with Crippen molar-refractivity contribution in [3.05, 3.63) is 41.9 Å². The highest BCUT2D eigenvalue weighted by molar-refractivity contribution is 6.03. The van der Waals surface area contributed by atoms with Gasteiger partial charge in [0.05, 0.1) is 6.61 Å². The quantitative estimate of drug-likeness (QED) is 0.887. The molecule has 0 spiro atoms. The molecule has 1 aromatic heterocycles. The third-order valence-corrected chi connectivity index (χ3v) is 4.31. The molecule has 7 heteroatoms. The van der Waals surface area contributed by atoms with E-state index in [1.807, 2.05) is 38.1 Å². The fourth-order valence-electron chi connectivity index (χ4n) is 2.86. The second kappa shape index (κ2) is 8.14. The number of nitrogens with one attached hydrogen (secondary N) is 1. The van der Waals surface area contributed by atoms with Crippen LogP contribution in [0.2, 0.25) is 0 Å². The number of piperazine rings is 1. The van der Waals surface area contributed by atoms with Crippen molar-refractivity contribution in [2.24, 2.45) is 0 Å². The van der Waals surface area contributed by atoms with Gasteiger partial charge < -0.3 is 19.9 Å². The number of carbonyl (C=O) groups is 1. The van der Waals surface area contributed by atoms with Crippen molar-refractivity contribution >= 4 is 17.4 Å². The van der Waals surface area contributed by atoms with Gasteiger partial charge in [-0.15, -0.1) is 0 Å². The predicted molar refractivity (Wildman–Crippen MR) is 102 cm³/mol. The highest BCUT2D eigenvalue weighted by atomic mass is 16.5. The van der Waals surface area contributed by atoms with Crippen LogP contribution in [0.1, 0.15) is 23.2 Å². The van der Waals surface area contributed by atoms with Crippen LogP contribution in [0.25, 0.3) is 0 Å². The van der Waals surface area contributed by atoms with Crippen LogP contribution >= 0.6 is 0 Å². The van der Waals surface area contributed by atoms with Crippen molar-refractivity contribution in [1.82, 2.24) is 14.9 Å². The standard InChI is InChI=1S/C19H25N5O2/c1-4-26-16-7-5-15(6-8-16)22-19(25)17-13-18(21-14(2)20-17)24-11-9-23(3)10-12-24/h5-8,13H,4,9-12H2,1-3H3,(H,22,25). The monoisotopic (exact) mass is 355 g/mol. The molecule has 0 radical (unpaired) electrons. The molecule has 2 heterocycles. The van der Waals surface area contributed by atoms with E-state index in [0.29, 0.717) is 23.8 Å². The lowest BCUT2D eigenvalue weighted by Crippen LogP contribution is -2.45. The number of nitrogens with zero attached hydrogens (tertiary/aromatic N) is 4. The topological polar surface area (TPSA) is 70.6 Å². The molecule has 1 fully saturated rings. The Hall–Kier alpha value is -2.67. The Morgan fingerprint density at radius 2 is 1.85 bits per heavy atom. The number of carbonyl (C=O) groups excluding carboxylic acids is 1. The van der Waals surface area contributed by atoms with Gasteiger partial charge in [-0.3, -0.25) is 4.79 Å². The summed E-state index contributed by atoms with van der Waals surface area (Å²) in [6.07, 6.45) is 0. The van der Waals surface area contributed by atoms with Gasteiger partial charge in [-0.2, -0.15) is 0 Å². The van der Waals surface area contributed by atoms with Crippen molar-refractivity contribution < 1.29 is 9.53 Å². The minimum absolute atomic E-state index is 0.241. The molecule has 3 rings (SSSR count). The molecule has 0 aliphatic carbocycles. The van der Waals surface area contributed by atoms with Crippen LogP contribution in [0.4, 0.5) is 11.5 Å². The zero-order valence-corrected chi connectivity index (χ0v) is 15.5. The number of benzene rings is 1. The lowest BCUT2D eigenvalue weighted by atomic mass is 10.2. The van der Waals surface area contributed by atoms with Gasteiger partial charge in [0.25, 0.3) is 5.91 Å². The van der Waals surface area contributed by atoms with Crippen LogP contribution in [0.5, 0.6) is 5.75 Å². The van der Waals surface area contributed by atoms with Crippen LogP contribution in [0, 0.1) is 6.92 Å². The number of ether oxygens (including phenoxy) is 1. The summed E-state index contributed by atoms with van der Waals surface area (Å²) in [5.74, 6) is 1.94. The zero-order valence-electron chi connectivity index (χ0n) is 15.5. The fourth-order valence-corrected chi connectivity index (χ4v) is 2.86. The molecule has 0 saturated carbocycles. The summed E-state index contributed by atoms with van der Waals surface area (Å²) >= 11 is 0. The first-order valence-electron chi connectivity index (χ1n) is 8.88. The average molecular weight is 355 g/mol. The largest absolute Gasteiger partial charge is 0.494 e. The number of rotatable bonds is 5. The number of anilines is 2. The number of aryl methyl sites for hydroxylation is 1. The molecule has 1 amide bonds. The van der Waals surface area contributed by atoms with Crippen LogP contribution in [0.15, 0.2) is 30.3 Å². The van der Waals surface area contributed by atoms with Crippen molar-refractivity contribution in [2.45, 2.75) is 13.8 Å². The number of aromatic nitrogens is 2. The molecule has 1 aromatic carbocycles. The summed E-state index contributed by atoms with van der Waals surface area (Å²) in [6.45, 7) is 8.12. The van der Waals surface area contributed by atoms with E-state index in [-0.39, 0.29) is 5.91 Å². The number of hydrogen-bond donors (Lipinski definition) is 1. The van der Waals surface area contributed by atoms with Crippen molar-refractivity contribution in [3.63, 3.8) is 0 Å². The maximum absolute atomic E-state index is 12.6. The van der Waals surface area contributed by atoms with Gasteiger partial charge in [-0.25, -0.2) is 9.97 Å². The molecule has 1 aliphatic heterocycles. The van der Waals surface area contributed by atoms with E-state index in [4.69, 9.17) is 4.74 Å². The summed E-state index contributed by atoms with van der Waals surface area (Å²) in [4.78, 5) is 25.9. The maximum Gasteiger partial charge on any atom is 0.274 e. The zero-order chi connectivity index (χ0) is 18.5. The van der Waals surface area contributed by atoms with Gasteiger partial charge >= 0.3 is 0 Å². The lowest BCUT2D eigenvalue weighted by molar-refractivity contribution is 0.102. The molecule has 138 valence electrons. The number of likely N-dealkylation sites (N-methyl/N-ethyl adjacent to an activating group) is 1. The maximum atomic E-state index is 12.6. The molecule has 1 saturated heterocycles. The van der Waals surface area contributed by atoms with E-state index in [1.54, 1.807) is 6.07 Å². The van der Waals surface area contributed by atoms with E-state index in [1.165, 1.54) is 0 Å². The SMILES string of the molecule is CCOc1ccc(NC(=O)c2cc(N3CCN(C)CC3)nc(C)n2)cc1. The van der Waals surface area contributed by atoms with E-state index in [9.17, 15) is 4.79 Å². The fraction of sp³-hybridized carbons (Fsp3) is 0.421. The first kappa shape index (κ1) is 18.1. The summed E-state index contributed by atoms with van der Waals surface area (Å²) < 4.78 is 5.41. The first-order chi connectivity index (χ1) is 12.5. The van der Waals surface area contributed by atoms with Gasteiger partial charge in [-0.1, -0.05) is 0 Å². The van der Waals surface area contributed by atoms with Gasteiger partial charge in [-0.05, 0) is 45.2 Å². The minimum atomic E-state index is -0.241. The third kappa shape index (κ3) is 4.49. The van der Waals surface area contributed by atoms with Gasteiger partial charge in [0, 0.05) is 37.9 Å². The second-order valence-electron chi connectivity index (χ2n) is 6.36. The van der Waals surface area contributed by atoms with E-state index in [2.05, 4.69) is 32.1 Å². The molecule has 0 unspecified atom stereocenters. The summed E-state index contributed by atoms with van der Waals surface area (Å²) in [6, 6.07) is 9.07. The second-order valence-corrected chi connectivity index (χ2v) is 6.36. The van der Waals surface area contributed by atoms with Crippen LogP contribution in [-0.4, -0.2) is 60.6 Å². The average Bonchev–Trinajstić information content (AvgIpc) is 2.63. The highest BCUT2D eigenvalue weighted by Gasteiger charge is 2.18.